The van der Waals surface area contributed by atoms with Gasteiger partial charge in [0.25, 0.3) is 0 Å². The molecule has 0 unspecified atom stereocenters. The van der Waals surface area contributed by atoms with Gasteiger partial charge in [0.1, 0.15) is 0 Å². The summed E-state index contributed by atoms with van der Waals surface area (Å²) in [5, 5.41) is 0. The topological polar surface area (TPSA) is 34.1 Å². The average Bonchev–Trinajstić information content (AvgIpc) is 3.37. The molecule has 0 bridgehead atoms. The monoisotopic (exact) mass is 448 g/mol. The van der Waals surface area contributed by atoms with Gasteiger partial charge in [0.15, 0.2) is 23.3 Å². The molecule has 0 saturated heterocycles. The standard InChI is InChI=1S/C20H11F7O2S/c21-14-13(15(22)17(24)18(25)16(14)23)12-8-20(5-6-20)7-11(12)9-1-3-10(4-2-9)30(28,29)19(26)27/h1-4,7-8,19H,5-6H2. The quantitative estimate of drug-likeness (QED) is 0.345. The highest BCUT2D eigenvalue weighted by molar-refractivity contribution is 7.91. The fourth-order valence-corrected chi connectivity index (χ4v) is 4.14. The van der Waals surface area contributed by atoms with Crippen LogP contribution in [0.3, 0.4) is 0 Å². The van der Waals surface area contributed by atoms with Gasteiger partial charge in [0.2, 0.25) is 15.7 Å². The van der Waals surface area contributed by atoms with E-state index in [0.717, 1.165) is 24.3 Å². The lowest BCUT2D eigenvalue weighted by atomic mass is 9.94. The second kappa shape index (κ2) is 6.69. The third-order valence-electron chi connectivity index (χ3n) is 5.19. The summed E-state index contributed by atoms with van der Waals surface area (Å²) in [4.78, 5) is -0.664. The molecule has 0 radical (unpaired) electrons. The Morgan fingerprint density at radius 2 is 1.20 bits per heavy atom. The number of allylic oxidation sites excluding steroid dienone is 4. The zero-order valence-corrected chi connectivity index (χ0v) is 15.6. The summed E-state index contributed by atoms with van der Waals surface area (Å²) in [6, 6.07) is 4.07. The first-order valence-corrected chi connectivity index (χ1v) is 10.1. The van der Waals surface area contributed by atoms with E-state index in [4.69, 9.17) is 0 Å². The predicted molar refractivity (Wildman–Crippen MR) is 93.5 cm³/mol. The van der Waals surface area contributed by atoms with Gasteiger partial charge in [-0.1, -0.05) is 24.3 Å². The summed E-state index contributed by atoms with van der Waals surface area (Å²) in [7, 11) is -4.85. The molecule has 1 spiro atoms. The number of sulfone groups is 1. The third kappa shape index (κ3) is 3.05. The van der Waals surface area contributed by atoms with E-state index in [1.807, 2.05) is 0 Å². The average molecular weight is 448 g/mol. The number of halogens is 7. The van der Waals surface area contributed by atoms with Crippen LogP contribution in [0.2, 0.25) is 0 Å². The Bertz CT molecular complexity index is 1200. The van der Waals surface area contributed by atoms with Crippen molar-refractivity contribution in [3.05, 3.63) is 76.6 Å². The minimum Gasteiger partial charge on any atom is -0.218 e. The number of hydrogen-bond acceptors (Lipinski definition) is 2. The number of alkyl halides is 2. The van der Waals surface area contributed by atoms with Crippen molar-refractivity contribution in [1.29, 1.82) is 0 Å². The molecule has 0 amide bonds. The van der Waals surface area contributed by atoms with E-state index in [0.29, 0.717) is 12.8 Å². The van der Waals surface area contributed by atoms with Crippen molar-refractivity contribution in [2.45, 2.75) is 23.5 Å². The van der Waals surface area contributed by atoms with Crippen LogP contribution in [0.15, 0.2) is 41.3 Å². The molecule has 2 nitrogen and oxygen atoms in total. The molecule has 1 fully saturated rings. The lowest BCUT2D eigenvalue weighted by molar-refractivity contribution is 0.234. The maximum Gasteiger partial charge on any atom is 0.341 e. The first-order valence-electron chi connectivity index (χ1n) is 8.59. The highest BCUT2D eigenvalue weighted by atomic mass is 32.2. The lowest BCUT2D eigenvalue weighted by Gasteiger charge is -2.13. The van der Waals surface area contributed by atoms with Crippen molar-refractivity contribution in [3.8, 4) is 0 Å². The van der Waals surface area contributed by atoms with Crippen LogP contribution < -0.4 is 0 Å². The summed E-state index contributed by atoms with van der Waals surface area (Å²) < 4.78 is 118. The van der Waals surface area contributed by atoms with E-state index < -0.39 is 60.6 Å². The van der Waals surface area contributed by atoms with Crippen LogP contribution in [0.25, 0.3) is 11.1 Å². The molecule has 2 aliphatic carbocycles. The number of hydrogen-bond donors (Lipinski definition) is 0. The second-order valence-corrected chi connectivity index (χ2v) is 9.04. The van der Waals surface area contributed by atoms with E-state index in [1.54, 1.807) is 6.08 Å². The summed E-state index contributed by atoms with van der Waals surface area (Å²) in [6.45, 7) is 0. The molecule has 0 N–H and O–H groups in total. The Labute approximate surface area is 166 Å². The maximum absolute atomic E-state index is 14.4. The fraction of sp³-hybridized carbons (Fsp3) is 0.200. The van der Waals surface area contributed by atoms with Crippen LogP contribution >= 0.6 is 0 Å². The van der Waals surface area contributed by atoms with E-state index in [2.05, 4.69) is 0 Å². The summed E-state index contributed by atoms with van der Waals surface area (Å²) in [5.74, 6) is -14.1. The molecule has 30 heavy (non-hydrogen) atoms. The lowest BCUT2D eigenvalue weighted by Crippen LogP contribution is -2.11. The third-order valence-corrected chi connectivity index (χ3v) is 6.59. The molecule has 10 heteroatoms. The van der Waals surface area contributed by atoms with Gasteiger partial charge in [-0.15, -0.1) is 0 Å². The molecular formula is C20H11F7O2S. The van der Waals surface area contributed by atoms with Crippen LogP contribution in [0.1, 0.15) is 24.0 Å². The van der Waals surface area contributed by atoms with Crippen LogP contribution in [0.4, 0.5) is 30.7 Å². The highest BCUT2D eigenvalue weighted by Gasteiger charge is 2.45. The van der Waals surface area contributed by atoms with Gasteiger partial charge < -0.3 is 0 Å². The molecule has 0 heterocycles. The van der Waals surface area contributed by atoms with E-state index >= 15 is 0 Å². The smallest absolute Gasteiger partial charge is 0.218 e. The molecule has 0 aliphatic heterocycles. The molecule has 4 rings (SSSR count). The highest BCUT2D eigenvalue weighted by Crippen LogP contribution is 2.58. The predicted octanol–water partition coefficient (Wildman–Crippen LogP) is 5.64. The van der Waals surface area contributed by atoms with Gasteiger partial charge in [-0.05, 0) is 41.7 Å². The second-order valence-electron chi connectivity index (χ2n) is 7.12. The van der Waals surface area contributed by atoms with Crippen molar-refractivity contribution in [2.24, 2.45) is 5.41 Å². The Morgan fingerprint density at radius 3 is 1.67 bits per heavy atom. The molecule has 2 aromatic rings. The van der Waals surface area contributed by atoms with Gasteiger partial charge >= 0.3 is 5.76 Å². The SMILES string of the molecule is O=S(=O)(c1ccc(C2=CC3(C=C2c2c(F)c(F)c(F)c(F)c2F)CC3)cc1)C(F)F. The Balaban J connectivity index is 1.84. The normalized spacial score (nSPS) is 17.5. The van der Waals surface area contributed by atoms with Crippen LogP contribution in [0.5, 0.6) is 0 Å². The maximum atomic E-state index is 14.4. The molecule has 2 aliphatic rings. The van der Waals surface area contributed by atoms with Gasteiger partial charge in [0.05, 0.1) is 10.5 Å². The van der Waals surface area contributed by atoms with Crippen LogP contribution in [-0.2, 0) is 9.84 Å². The van der Waals surface area contributed by atoms with Gasteiger partial charge in [-0.3, -0.25) is 0 Å². The molecule has 0 aromatic heterocycles. The summed E-state index contributed by atoms with van der Waals surface area (Å²) in [5.41, 5.74) is -1.62. The summed E-state index contributed by atoms with van der Waals surface area (Å²) in [6.07, 6.45) is 4.18. The zero-order chi connectivity index (χ0) is 22.0. The largest absolute Gasteiger partial charge is 0.341 e. The molecule has 2 aromatic carbocycles. The first kappa shape index (κ1) is 20.6. The molecule has 158 valence electrons. The van der Waals surface area contributed by atoms with Gasteiger partial charge in [-0.2, -0.15) is 8.78 Å². The number of benzene rings is 2. The van der Waals surface area contributed by atoms with E-state index in [-0.39, 0.29) is 16.7 Å². The van der Waals surface area contributed by atoms with E-state index in [9.17, 15) is 39.2 Å². The van der Waals surface area contributed by atoms with Crippen molar-refractivity contribution in [1.82, 2.24) is 0 Å². The van der Waals surface area contributed by atoms with Crippen molar-refractivity contribution in [2.75, 3.05) is 0 Å². The zero-order valence-electron chi connectivity index (χ0n) is 14.8. The van der Waals surface area contributed by atoms with Crippen molar-refractivity contribution < 1.29 is 39.2 Å². The molecule has 1 saturated carbocycles. The molecule has 0 atom stereocenters. The minimum atomic E-state index is -4.85. The van der Waals surface area contributed by atoms with Crippen molar-refractivity contribution in [3.63, 3.8) is 0 Å². The Morgan fingerprint density at radius 1 is 0.733 bits per heavy atom. The minimum absolute atomic E-state index is 0.122. The first-order chi connectivity index (χ1) is 14.0. The van der Waals surface area contributed by atoms with E-state index in [1.165, 1.54) is 6.08 Å². The number of rotatable bonds is 4. The Hall–Kier alpha value is -2.62. The van der Waals surface area contributed by atoms with Crippen LogP contribution in [-0.4, -0.2) is 14.2 Å². The Kier molecular flexibility index (Phi) is 4.61. The van der Waals surface area contributed by atoms with Crippen LogP contribution in [0, 0.1) is 34.5 Å². The van der Waals surface area contributed by atoms with Crippen molar-refractivity contribution >= 4 is 21.0 Å². The van der Waals surface area contributed by atoms with Gasteiger partial charge in [-0.25, -0.2) is 30.4 Å². The summed E-state index contributed by atoms with van der Waals surface area (Å²) >= 11 is 0. The molecular weight excluding hydrogens is 437 g/mol. The van der Waals surface area contributed by atoms with Gasteiger partial charge in [0, 0.05) is 5.41 Å². The fourth-order valence-electron chi connectivity index (χ4n) is 3.42.